The highest BCUT2D eigenvalue weighted by Gasteiger charge is 2.39. The molecule has 0 bridgehead atoms. The quantitative estimate of drug-likeness (QED) is 0.684. The van der Waals surface area contributed by atoms with Crippen LogP contribution in [0.3, 0.4) is 0 Å². The highest BCUT2D eigenvalue weighted by Crippen LogP contribution is 2.40. The second kappa shape index (κ2) is 7.35. The molecule has 23 heavy (non-hydrogen) atoms. The van der Waals surface area contributed by atoms with Crippen molar-refractivity contribution >= 4 is 5.96 Å². The van der Waals surface area contributed by atoms with Crippen molar-refractivity contribution in [3.63, 3.8) is 0 Å². The lowest BCUT2D eigenvalue weighted by Crippen LogP contribution is -2.53. The number of nitrogens with one attached hydrogen (secondary N) is 1. The zero-order valence-corrected chi connectivity index (χ0v) is 14.7. The first-order chi connectivity index (χ1) is 11.2. The molecule has 1 aliphatic carbocycles. The van der Waals surface area contributed by atoms with Crippen molar-refractivity contribution in [3.05, 3.63) is 35.9 Å². The predicted octanol–water partition coefficient (Wildman–Crippen LogP) is 2.39. The summed E-state index contributed by atoms with van der Waals surface area (Å²) >= 11 is 0. The molecule has 0 spiro atoms. The Kier molecular flexibility index (Phi) is 5.21. The fourth-order valence-electron chi connectivity index (χ4n) is 3.54. The number of benzene rings is 1. The molecule has 3 rings (SSSR count). The van der Waals surface area contributed by atoms with Crippen LogP contribution in [0.1, 0.15) is 31.7 Å². The minimum Gasteiger partial charge on any atom is -0.353 e. The zero-order valence-electron chi connectivity index (χ0n) is 14.7. The molecule has 0 amide bonds. The third kappa shape index (κ3) is 4.25. The van der Waals surface area contributed by atoms with Gasteiger partial charge in [0.2, 0.25) is 0 Å². The van der Waals surface area contributed by atoms with Gasteiger partial charge in [-0.3, -0.25) is 9.89 Å². The molecule has 126 valence electrons. The van der Waals surface area contributed by atoms with E-state index in [9.17, 15) is 0 Å². The van der Waals surface area contributed by atoms with E-state index in [-0.39, 0.29) is 0 Å². The van der Waals surface area contributed by atoms with Gasteiger partial charge in [0.25, 0.3) is 0 Å². The molecule has 4 nitrogen and oxygen atoms in total. The van der Waals surface area contributed by atoms with Gasteiger partial charge in [0, 0.05) is 51.7 Å². The lowest BCUT2D eigenvalue weighted by atomic mass is 10.1. The van der Waals surface area contributed by atoms with Crippen LogP contribution in [-0.4, -0.2) is 61.6 Å². The van der Waals surface area contributed by atoms with Gasteiger partial charge in [-0.05, 0) is 17.9 Å². The van der Waals surface area contributed by atoms with Gasteiger partial charge in [0.05, 0.1) is 0 Å². The minimum atomic E-state index is 0.546. The van der Waals surface area contributed by atoms with Gasteiger partial charge in [0.15, 0.2) is 5.96 Å². The van der Waals surface area contributed by atoms with Crippen molar-refractivity contribution in [1.29, 1.82) is 0 Å². The second-order valence-corrected chi connectivity index (χ2v) is 7.23. The van der Waals surface area contributed by atoms with Gasteiger partial charge >= 0.3 is 0 Å². The molecule has 1 saturated heterocycles. The Morgan fingerprint density at radius 2 is 1.87 bits per heavy atom. The maximum Gasteiger partial charge on any atom is 0.193 e. The SMILES string of the molecule is CN=C(NC1CC1c1ccccc1)N1CCN(CC(C)C)CC1. The van der Waals surface area contributed by atoms with E-state index < -0.39 is 0 Å². The van der Waals surface area contributed by atoms with Crippen LogP contribution in [-0.2, 0) is 0 Å². The van der Waals surface area contributed by atoms with Crippen LogP contribution in [0.15, 0.2) is 35.3 Å². The molecule has 2 atom stereocenters. The van der Waals surface area contributed by atoms with Crippen molar-refractivity contribution in [2.24, 2.45) is 10.9 Å². The number of aliphatic imine (C=N–C) groups is 1. The van der Waals surface area contributed by atoms with E-state index in [0.29, 0.717) is 12.0 Å². The van der Waals surface area contributed by atoms with Crippen LogP contribution < -0.4 is 5.32 Å². The van der Waals surface area contributed by atoms with Crippen molar-refractivity contribution in [1.82, 2.24) is 15.1 Å². The Hall–Kier alpha value is -1.55. The normalized spacial score (nSPS) is 25.7. The molecule has 4 heteroatoms. The number of nitrogens with zero attached hydrogens (tertiary/aromatic N) is 3. The topological polar surface area (TPSA) is 30.9 Å². The first-order valence-corrected chi connectivity index (χ1v) is 8.93. The molecule has 1 saturated carbocycles. The highest BCUT2D eigenvalue weighted by molar-refractivity contribution is 5.80. The second-order valence-electron chi connectivity index (χ2n) is 7.23. The summed E-state index contributed by atoms with van der Waals surface area (Å²) in [5.41, 5.74) is 1.45. The largest absolute Gasteiger partial charge is 0.353 e. The third-order valence-corrected chi connectivity index (χ3v) is 4.84. The van der Waals surface area contributed by atoms with Crippen molar-refractivity contribution in [2.75, 3.05) is 39.8 Å². The first-order valence-electron chi connectivity index (χ1n) is 8.93. The fraction of sp³-hybridized carbons (Fsp3) is 0.632. The molecule has 1 aromatic rings. The van der Waals surface area contributed by atoms with Gasteiger partial charge < -0.3 is 10.2 Å². The summed E-state index contributed by atoms with van der Waals surface area (Å²) in [5, 5.41) is 3.67. The molecule has 2 unspecified atom stereocenters. The summed E-state index contributed by atoms with van der Waals surface area (Å²) in [5.74, 6) is 2.48. The van der Waals surface area contributed by atoms with E-state index in [2.05, 4.69) is 64.3 Å². The van der Waals surface area contributed by atoms with Crippen molar-refractivity contribution < 1.29 is 0 Å². The van der Waals surface area contributed by atoms with Crippen molar-refractivity contribution in [3.8, 4) is 0 Å². The van der Waals surface area contributed by atoms with Gasteiger partial charge in [-0.1, -0.05) is 44.2 Å². The summed E-state index contributed by atoms with van der Waals surface area (Å²) in [7, 11) is 1.91. The van der Waals surface area contributed by atoms with E-state index in [4.69, 9.17) is 0 Å². The smallest absolute Gasteiger partial charge is 0.193 e. The minimum absolute atomic E-state index is 0.546. The van der Waals surface area contributed by atoms with E-state index in [1.807, 2.05) is 7.05 Å². The van der Waals surface area contributed by atoms with Crippen LogP contribution >= 0.6 is 0 Å². The number of rotatable bonds is 4. The molecule has 0 radical (unpaired) electrons. The fourth-order valence-corrected chi connectivity index (χ4v) is 3.54. The summed E-state index contributed by atoms with van der Waals surface area (Å²) in [6.07, 6.45) is 1.22. The lowest BCUT2D eigenvalue weighted by Gasteiger charge is -2.37. The Balaban J connectivity index is 1.49. The first kappa shape index (κ1) is 16.3. The maximum absolute atomic E-state index is 4.52. The summed E-state index contributed by atoms with van der Waals surface area (Å²) in [4.78, 5) is 9.50. The van der Waals surface area contributed by atoms with Gasteiger partial charge in [-0.15, -0.1) is 0 Å². The van der Waals surface area contributed by atoms with E-state index in [1.54, 1.807) is 0 Å². The number of guanidine groups is 1. The summed E-state index contributed by atoms with van der Waals surface area (Å²) < 4.78 is 0. The summed E-state index contributed by atoms with van der Waals surface area (Å²) in [6, 6.07) is 11.4. The molecule has 2 aliphatic rings. The molecule has 2 fully saturated rings. The van der Waals surface area contributed by atoms with E-state index in [1.165, 1.54) is 18.5 Å². The number of hydrogen-bond acceptors (Lipinski definition) is 2. The third-order valence-electron chi connectivity index (χ3n) is 4.84. The van der Waals surface area contributed by atoms with Crippen LogP contribution in [0.4, 0.5) is 0 Å². The highest BCUT2D eigenvalue weighted by atomic mass is 15.4. The Bertz CT molecular complexity index is 517. The van der Waals surface area contributed by atoms with Crippen LogP contribution in [0.2, 0.25) is 0 Å². The predicted molar refractivity (Wildman–Crippen MR) is 96.9 cm³/mol. The van der Waals surface area contributed by atoms with E-state index in [0.717, 1.165) is 38.1 Å². The molecule has 1 N–H and O–H groups in total. The molecule has 1 heterocycles. The van der Waals surface area contributed by atoms with Gasteiger partial charge in [-0.2, -0.15) is 0 Å². The molecule has 1 aliphatic heterocycles. The van der Waals surface area contributed by atoms with Gasteiger partial charge in [0.1, 0.15) is 0 Å². The zero-order chi connectivity index (χ0) is 16.2. The Labute approximate surface area is 140 Å². The molecule has 0 aromatic heterocycles. The van der Waals surface area contributed by atoms with Crippen LogP contribution in [0.5, 0.6) is 0 Å². The maximum atomic E-state index is 4.52. The van der Waals surface area contributed by atoms with Gasteiger partial charge in [-0.25, -0.2) is 0 Å². The molecular weight excluding hydrogens is 284 g/mol. The van der Waals surface area contributed by atoms with E-state index >= 15 is 0 Å². The monoisotopic (exact) mass is 314 g/mol. The Morgan fingerprint density at radius 1 is 1.17 bits per heavy atom. The van der Waals surface area contributed by atoms with Crippen LogP contribution in [0, 0.1) is 5.92 Å². The summed E-state index contributed by atoms with van der Waals surface area (Å²) in [6.45, 7) is 10.2. The average molecular weight is 314 g/mol. The Morgan fingerprint density at radius 3 is 2.48 bits per heavy atom. The average Bonchev–Trinajstić information content (AvgIpc) is 3.33. The molecule has 1 aromatic carbocycles. The lowest BCUT2D eigenvalue weighted by molar-refractivity contribution is 0.164. The van der Waals surface area contributed by atoms with Crippen LogP contribution in [0.25, 0.3) is 0 Å². The number of piperazine rings is 1. The number of hydrogen-bond donors (Lipinski definition) is 1. The van der Waals surface area contributed by atoms with Crippen molar-refractivity contribution in [2.45, 2.75) is 32.2 Å². The standard InChI is InChI=1S/C19H30N4/c1-15(2)14-22-9-11-23(12-10-22)19(20-3)21-18-13-17(18)16-7-5-4-6-8-16/h4-8,15,17-18H,9-14H2,1-3H3,(H,20,21). The molecular formula is C19H30N4.